The molecule has 0 aliphatic carbocycles. The Hall–Kier alpha value is -2.48. The number of aromatic nitrogens is 2. The maximum Gasteiger partial charge on any atom is 0.279 e. The summed E-state index contributed by atoms with van der Waals surface area (Å²) >= 11 is 1.35. The Morgan fingerprint density at radius 1 is 1.28 bits per heavy atom. The molecule has 8 heteroatoms. The van der Waals surface area contributed by atoms with E-state index in [1.54, 1.807) is 44.0 Å². The van der Waals surface area contributed by atoms with E-state index in [0.29, 0.717) is 28.0 Å². The van der Waals surface area contributed by atoms with E-state index < -0.39 is 5.92 Å². The number of fused-ring (bicyclic) bond motifs is 1. The first-order chi connectivity index (χ1) is 12.0. The highest BCUT2D eigenvalue weighted by atomic mass is 32.2. The lowest BCUT2D eigenvalue weighted by Crippen LogP contribution is -2.33. The highest BCUT2D eigenvalue weighted by Crippen LogP contribution is 2.40. The van der Waals surface area contributed by atoms with Crippen LogP contribution >= 0.6 is 11.8 Å². The Morgan fingerprint density at radius 2 is 2.04 bits per heavy atom. The first-order valence-corrected chi connectivity index (χ1v) is 8.89. The molecule has 132 valence electrons. The third kappa shape index (κ3) is 2.97. The molecule has 7 nitrogen and oxygen atoms in total. The second kappa shape index (κ2) is 6.79. The van der Waals surface area contributed by atoms with Gasteiger partial charge in [0.2, 0.25) is 5.91 Å². The molecule has 0 bridgehead atoms. The number of benzene rings is 1. The molecule has 0 saturated carbocycles. The summed E-state index contributed by atoms with van der Waals surface area (Å²) in [5.41, 5.74) is 0.854. The van der Waals surface area contributed by atoms with Crippen molar-refractivity contribution in [2.75, 3.05) is 25.8 Å². The number of hydrogen-bond donors (Lipinski definition) is 1. The molecule has 0 radical (unpaired) electrons. The summed E-state index contributed by atoms with van der Waals surface area (Å²) in [7, 11) is 4.91. The highest BCUT2D eigenvalue weighted by molar-refractivity contribution is 7.98. The largest absolute Gasteiger partial charge is 0.497 e. The molecular weight excluding hydrogens is 342 g/mol. The van der Waals surface area contributed by atoms with Gasteiger partial charge in [-0.15, -0.1) is 0 Å². The van der Waals surface area contributed by atoms with Crippen LogP contribution in [-0.2, 0) is 11.8 Å². The second-order valence-electron chi connectivity index (χ2n) is 5.64. The van der Waals surface area contributed by atoms with Crippen LogP contribution in [0.5, 0.6) is 11.5 Å². The smallest absolute Gasteiger partial charge is 0.279 e. The number of rotatable bonds is 4. The molecule has 0 fully saturated rings. The van der Waals surface area contributed by atoms with Crippen molar-refractivity contribution in [3.05, 3.63) is 39.7 Å². The Kier molecular flexibility index (Phi) is 4.71. The Labute approximate surface area is 149 Å². The molecule has 2 aromatic rings. The first kappa shape index (κ1) is 17.3. The van der Waals surface area contributed by atoms with Gasteiger partial charge in [0.1, 0.15) is 17.3 Å². The van der Waals surface area contributed by atoms with Crippen LogP contribution in [0.2, 0.25) is 0 Å². The van der Waals surface area contributed by atoms with Crippen molar-refractivity contribution in [1.29, 1.82) is 0 Å². The first-order valence-electron chi connectivity index (χ1n) is 7.66. The lowest BCUT2D eigenvalue weighted by molar-refractivity contribution is -0.116. The summed E-state index contributed by atoms with van der Waals surface area (Å²) in [5, 5.41) is 3.35. The SMILES string of the molecule is COc1ccc(OC)c([C@H]2CC(=O)Nc3c2c(=O)nc(SC)n3C)c1. The number of nitrogens with zero attached hydrogens (tertiary/aromatic N) is 2. The number of thioether (sulfide) groups is 1. The molecule has 1 atom stereocenters. The molecule has 0 unspecified atom stereocenters. The van der Waals surface area contributed by atoms with Gasteiger partial charge in [-0.25, -0.2) is 0 Å². The number of carbonyl (C=O) groups is 1. The van der Waals surface area contributed by atoms with Gasteiger partial charge in [-0.1, -0.05) is 11.8 Å². The maximum atomic E-state index is 12.7. The Morgan fingerprint density at radius 3 is 2.68 bits per heavy atom. The zero-order chi connectivity index (χ0) is 18.1. The fourth-order valence-electron chi connectivity index (χ4n) is 3.10. The monoisotopic (exact) mass is 361 g/mol. The molecule has 1 aromatic carbocycles. The molecule has 1 amide bonds. The lowest BCUT2D eigenvalue weighted by atomic mass is 9.86. The van der Waals surface area contributed by atoms with Gasteiger partial charge in [-0.2, -0.15) is 4.98 Å². The number of anilines is 1. The van der Waals surface area contributed by atoms with Crippen molar-refractivity contribution in [2.45, 2.75) is 17.5 Å². The summed E-state index contributed by atoms with van der Waals surface area (Å²) in [6, 6.07) is 5.35. The van der Waals surface area contributed by atoms with Gasteiger partial charge in [0.15, 0.2) is 5.16 Å². The predicted molar refractivity (Wildman–Crippen MR) is 95.9 cm³/mol. The van der Waals surface area contributed by atoms with Gasteiger partial charge in [0.25, 0.3) is 5.56 Å². The molecule has 1 aliphatic heterocycles. The summed E-state index contributed by atoms with van der Waals surface area (Å²) < 4.78 is 12.5. The number of hydrogen-bond acceptors (Lipinski definition) is 6. The van der Waals surface area contributed by atoms with Gasteiger partial charge in [-0.05, 0) is 24.5 Å². The average molecular weight is 361 g/mol. The summed E-state index contributed by atoms with van der Waals surface area (Å²) in [5.74, 6) is 1.11. The van der Waals surface area contributed by atoms with Crippen molar-refractivity contribution in [3.8, 4) is 11.5 Å². The number of carbonyl (C=O) groups excluding carboxylic acids is 1. The van der Waals surface area contributed by atoms with Crippen molar-refractivity contribution < 1.29 is 14.3 Å². The van der Waals surface area contributed by atoms with E-state index in [4.69, 9.17) is 9.47 Å². The lowest BCUT2D eigenvalue weighted by Gasteiger charge is -2.28. The van der Waals surface area contributed by atoms with Crippen LogP contribution in [0.15, 0.2) is 28.2 Å². The topological polar surface area (TPSA) is 82.4 Å². The predicted octanol–water partition coefficient (Wildman–Crippen LogP) is 1.99. The second-order valence-corrected chi connectivity index (χ2v) is 6.41. The molecule has 2 heterocycles. The van der Waals surface area contributed by atoms with Gasteiger partial charge >= 0.3 is 0 Å². The minimum atomic E-state index is -0.448. The van der Waals surface area contributed by atoms with Crippen molar-refractivity contribution in [1.82, 2.24) is 9.55 Å². The van der Waals surface area contributed by atoms with E-state index in [-0.39, 0.29) is 17.9 Å². The van der Waals surface area contributed by atoms with Gasteiger partial charge in [-0.3, -0.25) is 9.59 Å². The van der Waals surface area contributed by atoms with Crippen molar-refractivity contribution in [2.24, 2.45) is 7.05 Å². The zero-order valence-electron chi connectivity index (χ0n) is 14.5. The van der Waals surface area contributed by atoms with Crippen molar-refractivity contribution in [3.63, 3.8) is 0 Å². The number of methoxy groups -OCH3 is 2. The van der Waals surface area contributed by atoms with Crippen LogP contribution in [0.25, 0.3) is 0 Å². The minimum Gasteiger partial charge on any atom is -0.497 e. The van der Waals surface area contributed by atoms with Crippen LogP contribution in [0.3, 0.4) is 0 Å². The number of nitrogens with one attached hydrogen (secondary N) is 1. The average Bonchev–Trinajstić information content (AvgIpc) is 2.63. The van der Waals surface area contributed by atoms with Crippen LogP contribution < -0.4 is 20.3 Å². The van der Waals surface area contributed by atoms with E-state index >= 15 is 0 Å². The van der Waals surface area contributed by atoms with Crippen LogP contribution in [-0.4, -0.2) is 35.9 Å². The fourth-order valence-corrected chi connectivity index (χ4v) is 3.63. The molecule has 25 heavy (non-hydrogen) atoms. The highest BCUT2D eigenvalue weighted by Gasteiger charge is 2.33. The minimum absolute atomic E-state index is 0.145. The normalized spacial score (nSPS) is 16.2. The van der Waals surface area contributed by atoms with E-state index in [1.807, 2.05) is 6.26 Å². The molecule has 0 spiro atoms. The third-order valence-electron chi connectivity index (χ3n) is 4.30. The molecule has 1 aromatic heterocycles. The van der Waals surface area contributed by atoms with Crippen molar-refractivity contribution >= 4 is 23.5 Å². The molecule has 3 rings (SSSR count). The van der Waals surface area contributed by atoms with E-state index in [0.717, 1.165) is 5.56 Å². The standard InChI is InChI=1S/C17H19N3O4S/c1-20-15-14(16(22)19-17(20)25-4)11(8-13(21)18-15)10-7-9(23-2)5-6-12(10)24-3/h5-7,11H,8H2,1-4H3,(H,18,21)/t11-/m1/s1. The number of ether oxygens (including phenoxy) is 2. The zero-order valence-corrected chi connectivity index (χ0v) is 15.3. The molecule has 1 aliphatic rings. The van der Waals surface area contributed by atoms with E-state index in [1.165, 1.54) is 11.8 Å². The maximum absolute atomic E-state index is 12.7. The Bertz CT molecular complexity index is 894. The summed E-state index contributed by atoms with van der Waals surface area (Å²) in [6.07, 6.45) is 1.98. The van der Waals surface area contributed by atoms with Gasteiger partial charge in [0, 0.05) is 24.9 Å². The van der Waals surface area contributed by atoms with Gasteiger partial charge in [0.05, 0.1) is 19.8 Å². The molecule has 1 N–H and O–H groups in total. The van der Waals surface area contributed by atoms with E-state index in [9.17, 15) is 9.59 Å². The quantitative estimate of drug-likeness (QED) is 0.662. The summed E-state index contributed by atoms with van der Waals surface area (Å²) in [6.45, 7) is 0. The fraction of sp³-hybridized carbons (Fsp3) is 0.353. The van der Waals surface area contributed by atoms with Gasteiger partial charge < -0.3 is 19.4 Å². The van der Waals surface area contributed by atoms with Crippen LogP contribution in [0.1, 0.15) is 23.5 Å². The molecular formula is C17H19N3O4S. The van der Waals surface area contributed by atoms with E-state index in [2.05, 4.69) is 10.3 Å². The summed E-state index contributed by atoms with van der Waals surface area (Å²) in [4.78, 5) is 29.1. The third-order valence-corrected chi connectivity index (χ3v) is 5.03. The molecule has 0 saturated heterocycles. The van der Waals surface area contributed by atoms with Crippen LogP contribution in [0.4, 0.5) is 5.82 Å². The Balaban J connectivity index is 2.26. The number of amides is 1. The van der Waals surface area contributed by atoms with Crippen LogP contribution in [0, 0.1) is 0 Å².